The van der Waals surface area contributed by atoms with Gasteiger partial charge in [-0.15, -0.1) is 0 Å². The van der Waals surface area contributed by atoms with Crippen molar-refractivity contribution in [3.05, 3.63) is 57.8 Å². The number of carbonyl (C=O) groups is 1. The first kappa shape index (κ1) is 13.5. The van der Waals surface area contributed by atoms with Crippen LogP contribution in [-0.2, 0) is 6.61 Å². The minimum Gasteiger partial charge on any atom is -0.488 e. The smallest absolute Gasteiger partial charge is 0.341 e. The van der Waals surface area contributed by atoms with Gasteiger partial charge < -0.3 is 9.84 Å². The highest BCUT2D eigenvalue weighted by atomic mass is 79.9. The molecule has 2 rings (SSSR count). The zero-order valence-electron chi connectivity index (χ0n) is 10.3. The minimum absolute atomic E-state index is 0.0700. The number of rotatable bonds is 4. The third kappa shape index (κ3) is 3.54. The molecule has 5 heteroatoms. The number of nitrogens with zero attached hydrogens (tertiary/aromatic N) is 1. The van der Waals surface area contributed by atoms with E-state index in [0.717, 1.165) is 10.0 Å². The topological polar surface area (TPSA) is 59.4 Å². The molecule has 98 valence electrons. The van der Waals surface area contributed by atoms with Crippen LogP contribution in [0.3, 0.4) is 0 Å². The van der Waals surface area contributed by atoms with Crippen molar-refractivity contribution >= 4 is 21.9 Å². The fraction of sp³-hybridized carbons (Fsp3) is 0.143. The Hall–Kier alpha value is -1.88. The molecule has 0 atom stereocenters. The average molecular weight is 322 g/mol. The highest BCUT2D eigenvalue weighted by Gasteiger charge is 2.12. The van der Waals surface area contributed by atoms with Crippen molar-refractivity contribution in [2.75, 3.05) is 0 Å². The number of benzene rings is 1. The van der Waals surface area contributed by atoms with E-state index in [2.05, 4.69) is 20.9 Å². The molecule has 1 aromatic carbocycles. The first-order valence-electron chi connectivity index (χ1n) is 5.63. The van der Waals surface area contributed by atoms with E-state index in [1.807, 2.05) is 24.3 Å². The molecule has 0 bridgehead atoms. The lowest BCUT2D eigenvalue weighted by Crippen LogP contribution is -2.05. The number of pyridine rings is 1. The molecule has 0 spiro atoms. The molecular formula is C14H12BrNO3. The number of aryl methyl sites for hydroxylation is 1. The van der Waals surface area contributed by atoms with Crippen LogP contribution in [-0.4, -0.2) is 16.1 Å². The van der Waals surface area contributed by atoms with E-state index in [9.17, 15) is 4.79 Å². The van der Waals surface area contributed by atoms with Crippen LogP contribution in [0.4, 0.5) is 0 Å². The van der Waals surface area contributed by atoms with Crippen LogP contribution >= 0.6 is 15.9 Å². The third-order valence-corrected chi connectivity index (χ3v) is 3.01. The van der Waals surface area contributed by atoms with E-state index in [1.54, 1.807) is 13.0 Å². The van der Waals surface area contributed by atoms with E-state index in [1.165, 1.54) is 6.20 Å². The lowest BCUT2D eigenvalue weighted by molar-refractivity contribution is 0.0691. The first-order valence-corrected chi connectivity index (χ1v) is 6.43. The third-order valence-electron chi connectivity index (χ3n) is 2.52. The van der Waals surface area contributed by atoms with Crippen LogP contribution < -0.4 is 4.74 Å². The van der Waals surface area contributed by atoms with Gasteiger partial charge in [0.2, 0.25) is 0 Å². The lowest BCUT2D eigenvalue weighted by atomic mass is 10.2. The van der Waals surface area contributed by atoms with E-state index in [-0.39, 0.29) is 5.56 Å². The largest absolute Gasteiger partial charge is 0.488 e. The van der Waals surface area contributed by atoms with Crippen LogP contribution in [0.2, 0.25) is 0 Å². The molecule has 2 aromatic rings. The Balaban J connectivity index is 2.19. The molecule has 0 aliphatic heterocycles. The van der Waals surface area contributed by atoms with E-state index in [0.29, 0.717) is 18.1 Å². The standard InChI is InChI=1S/C14H12BrNO3/c1-9-5-13(12(7-16-9)14(17)18)19-8-10-3-2-4-11(15)6-10/h2-7H,8H2,1H3,(H,17,18). The Morgan fingerprint density at radius 2 is 2.21 bits per heavy atom. The number of halogens is 1. The molecule has 0 fully saturated rings. The Labute approximate surface area is 119 Å². The Kier molecular flexibility index (Phi) is 4.16. The van der Waals surface area contributed by atoms with E-state index in [4.69, 9.17) is 9.84 Å². The van der Waals surface area contributed by atoms with Gasteiger partial charge in [-0.1, -0.05) is 28.1 Å². The van der Waals surface area contributed by atoms with Crippen LogP contribution in [0, 0.1) is 6.92 Å². The summed E-state index contributed by atoms with van der Waals surface area (Å²) in [6.45, 7) is 2.10. The zero-order valence-corrected chi connectivity index (χ0v) is 11.8. The summed E-state index contributed by atoms with van der Waals surface area (Å²) >= 11 is 3.38. The maximum Gasteiger partial charge on any atom is 0.341 e. The Morgan fingerprint density at radius 3 is 2.89 bits per heavy atom. The molecule has 0 saturated heterocycles. The average Bonchev–Trinajstić information content (AvgIpc) is 2.36. The number of aromatic carboxylic acids is 1. The van der Waals surface area contributed by atoms with Crippen LogP contribution in [0.5, 0.6) is 5.75 Å². The van der Waals surface area contributed by atoms with Crippen molar-refractivity contribution in [1.29, 1.82) is 0 Å². The molecule has 0 aliphatic carbocycles. The Morgan fingerprint density at radius 1 is 1.42 bits per heavy atom. The maximum absolute atomic E-state index is 11.1. The van der Waals surface area contributed by atoms with E-state index < -0.39 is 5.97 Å². The summed E-state index contributed by atoms with van der Waals surface area (Å²) in [6.07, 6.45) is 1.31. The second kappa shape index (κ2) is 5.84. The van der Waals surface area contributed by atoms with Gasteiger partial charge in [-0.05, 0) is 24.6 Å². The fourth-order valence-corrected chi connectivity index (χ4v) is 2.05. The number of ether oxygens (including phenoxy) is 1. The number of hydrogen-bond donors (Lipinski definition) is 1. The molecule has 1 heterocycles. The van der Waals surface area contributed by atoms with Crippen molar-refractivity contribution in [3.63, 3.8) is 0 Å². The number of hydrogen-bond acceptors (Lipinski definition) is 3. The maximum atomic E-state index is 11.1. The molecule has 0 saturated carbocycles. The number of aromatic nitrogens is 1. The van der Waals surface area contributed by atoms with Crippen molar-refractivity contribution in [2.24, 2.45) is 0 Å². The summed E-state index contributed by atoms with van der Waals surface area (Å²) in [4.78, 5) is 15.0. The number of carboxylic acid groups (broad SMARTS) is 1. The second-order valence-corrected chi connectivity index (χ2v) is 4.96. The van der Waals surface area contributed by atoms with Gasteiger partial charge in [-0.2, -0.15) is 0 Å². The second-order valence-electron chi connectivity index (χ2n) is 4.05. The van der Waals surface area contributed by atoms with Crippen LogP contribution in [0.15, 0.2) is 41.0 Å². The summed E-state index contributed by atoms with van der Waals surface area (Å²) in [5.41, 5.74) is 1.75. The molecule has 0 radical (unpaired) electrons. The van der Waals surface area contributed by atoms with E-state index >= 15 is 0 Å². The first-order chi connectivity index (χ1) is 9.06. The summed E-state index contributed by atoms with van der Waals surface area (Å²) < 4.78 is 6.54. The SMILES string of the molecule is Cc1cc(OCc2cccc(Br)c2)c(C(=O)O)cn1. The van der Waals surface area contributed by atoms with Crippen LogP contribution in [0.25, 0.3) is 0 Å². The summed E-state index contributed by atoms with van der Waals surface area (Å²) in [5.74, 6) is -0.711. The molecule has 1 aromatic heterocycles. The predicted octanol–water partition coefficient (Wildman–Crippen LogP) is 3.43. The van der Waals surface area contributed by atoms with Crippen LogP contribution in [0.1, 0.15) is 21.6 Å². The molecule has 19 heavy (non-hydrogen) atoms. The zero-order chi connectivity index (χ0) is 13.8. The Bertz CT molecular complexity index is 613. The van der Waals surface area contributed by atoms with Gasteiger partial charge in [0.05, 0.1) is 0 Å². The quantitative estimate of drug-likeness (QED) is 0.937. The lowest BCUT2D eigenvalue weighted by Gasteiger charge is -2.09. The molecular weight excluding hydrogens is 310 g/mol. The normalized spacial score (nSPS) is 10.2. The molecule has 4 nitrogen and oxygen atoms in total. The van der Waals surface area contributed by atoms with Gasteiger partial charge in [0.25, 0.3) is 0 Å². The van der Waals surface area contributed by atoms with Gasteiger partial charge >= 0.3 is 5.97 Å². The molecule has 1 N–H and O–H groups in total. The molecule has 0 amide bonds. The van der Waals surface area contributed by atoms with Crippen molar-refractivity contribution < 1.29 is 14.6 Å². The summed E-state index contributed by atoms with van der Waals surface area (Å²) in [7, 11) is 0. The fourth-order valence-electron chi connectivity index (χ4n) is 1.60. The molecule has 0 unspecified atom stereocenters. The highest BCUT2D eigenvalue weighted by Crippen LogP contribution is 2.21. The summed E-state index contributed by atoms with van der Waals surface area (Å²) in [5, 5.41) is 9.07. The van der Waals surface area contributed by atoms with Gasteiger partial charge in [-0.3, -0.25) is 4.98 Å². The van der Waals surface area contributed by atoms with Crippen molar-refractivity contribution in [3.8, 4) is 5.75 Å². The minimum atomic E-state index is -1.04. The number of carboxylic acids is 1. The predicted molar refractivity (Wildman–Crippen MR) is 74.4 cm³/mol. The van der Waals surface area contributed by atoms with Crippen molar-refractivity contribution in [1.82, 2.24) is 4.98 Å². The van der Waals surface area contributed by atoms with Crippen molar-refractivity contribution in [2.45, 2.75) is 13.5 Å². The van der Waals surface area contributed by atoms with Gasteiger partial charge in [0.1, 0.15) is 17.9 Å². The van der Waals surface area contributed by atoms with Gasteiger partial charge in [0, 0.05) is 22.4 Å². The highest BCUT2D eigenvalue weighted by molar-refractivity contribution is 9.10. The summed E-state index contributed by atoms with van der Waals surface area (Å²) in [6, 6.07) is 9.29. The molecule has 0 aliphatic rings. The van der Waals surface area contributed by atoms with Gasteiger partial charge in [-0.25, -0.2) is 4.79 Å². The van der Waals surface area contributed by atoms with Gasteiger partial charge in [0.15, 0.2) is 0 Å². The monoisotopic (exact) mass is 321 g/mol.